The molecule has 30 heavy (non-hydrogen) atoms. The quantitative estimate of drug-likeness (QED) is 0.694. The Balaban J connectivity index is 1.69. The van der Waals surface area contributed by atoms with Crippen molar-refractivity contribution in [1.29, 1.82) is 0 Å². The van der Waals surface area contributed by atoms with Gasteiger partial charge in [-0.05, 0) is 56.4 Å². The first-order chi connectivity index (χ1) is 14.4. The molecule has 0 aromatic heterocycles. The first-order valence-electron chi connectivity index (χ1n) is 10.8. The lowest BCUT2D eigenvalue weighted by Gasteiger charge is -2.30. The Hall–Kier alpha value is -2.69. The number of hydrogen-bond acceptors (Lipinski definition) is 2. The first kappa shape index (κ1) is 22.0. The lowest BCUT2D eigenvalue weighted by molar-refractivity contribution is -0.140. The van der Waals surface area contributed by atoms with Crippen LogP contribution in [0.1, 0.15) is 55.7 Å². The van der Waals surface area contributed by atoms with E-state index in [1.165, 1.54) is 17.7 Å². The molecule has 2 aromatic carbocycles. The summed E-state index contributed by atoms with van der Waals surface area (Å²) in [5.74, 6) is -0.510. The Morgan fingerprint density at radius 2 is 1.63 bits per heavy atom. The van der Waals surface area contributed by atoms with Gasteiger partial charge in [0.05, 0.1) is 0 Å². The minimum Gasteiger partial charge on any atom is -0.352 e. The van der Waals surface area contributed by atoms with Crippen LogP contribution in [0.4, 0.5) is 4.39 Å². The molecule has 5 heteroatoms. The van der Waals surface area contributed by atoms with E-state index in [2.05, 4.69) is 5.32 Å². The first-order valence-corrected chi connectivity index (χ1v) is 10.8. The monoisotopic (exact) mass is 410 g/mol. The van der Waals surface area contributed by atoms with Crippen LogP contribution in [0.25, 0.3) is 0 Å². The zero-order chi connectivity index (χ0) is 21.5. The highest BCUT2D eigenvalue weighted by Gasteiger charge is 2.28. The summed E-state index contributed by atoms with van der Waals surface area (Å²) in [6, 6.07) is 13.8. The van der Waals surface area contributed by atoms with Crippen molar-refractivity contribution in [1.82, 2.24) is 10.2 Å². The molecule has 1 saturated carbocycles. The predicted molar refractivity (Wildman–Crippen MR) is 116 cm³/mol. The minimum atomic E-state index is -0.582. The van der Waals surface area contributed by atoms with Gasteiger partial charge in [0, 0.05) is 19.0 Å². The fraction of sp³-hybridized carbons (Fsp3) is 0.440. The molecule has 0 radical (unpaired) electrons. The minimum absolute atomic E-state index is 0.0750. The van der Waals surface area contributed by atoms with Crippen LogP contribution in [0.15, 0.2) is 48.5 Å². The van der Waals surface area contributed by atoms with Gasteiger partial charge in [0.25, 0.3) is 0 Å². The molecule has 2 amide bonds. The van der Waals surface area contributed by atoms with Crippen molar-refractivity contribution in [2.45, 2.75) is 71.0 Å². The topological polar surface area (TPSA) is 49.4 Å². The normalized spacial score (nSPS) is 15.0. The molecule has 1 aliphatic rings. The zero-order valence-corrected chi connectivity index (χ0v) is 17.9. The van der Waals surface area contributed by atoms with E-state index >= 15 is 0 Å². The van der Waals surface area contributed by atoms with Crippen molar-refractivity contribution in [3.05, 3.63) is 71.0 Å². The van der Waals surface area contributed by atoms with E-state index in [-0.39, 0.29) is 30.2 Å². The Morgan fingerprint density at radius 3 is 2.27 bits per heavy atom. The number of aryl methyl sites for hydroxylation is 2. The van der Waals surface area contributed by atoms with Crippen molar-refractivity contribution >= 4 is 11.8 Å². The summed E-state index contributed by atoms with van der Waals surface area (Å²) in [6.07, 6.45) is 5.21. The van der Waals surface area contributed by atoms with Crippen LogP contribution < -0.4 is 5.32 Å². The summed E-state index contributed by atoms with van der Waals surface area (Å²) in [5.41, 5.74) is 3.08. The molecule has 1 N–H and O–H groups in total. The van der Waals surface area contributed by atoms with Gasteiger partial charge in [-0.3, -0.25) is 9.59 Å². The van der Waals surface area contributed by atoms with Gasteiger partial charge < -0.3 is 10.2 Å². The molecule has 1 fully saturated rings. The highest BCUT2D eigenvalue weighted by molar-refractivity contribution is 5.87. The number of nitrogens with zero attached hydrogens (tertiary/aromatic N) is 1. The average molecular weight is 411 g/mol. The summed E-state index contributed by atoms with van der Waals surface area (Å²) < 4.78 is 13.3. The fourth-order valence-corrected chi connectivity index (χ4v) is 3.91. The van der Waals surface area contributed by atoms with E-state index in [1.54, 1.807) is 24.0 Å². The van der Waals surface area contributed by atoms with Gasteiger partial charge in [-0.2, -0.15) is 0 Å². The van der Waals surface area contributed by atoms with E-state index in [9.17, 15) is 14.0 Å². The van der Waals surface area contributed by atoms with Gasteiger partial charge >= 0.3 is 0 Å². The van der Waals surface area contributed by atoms with E-state index in [1.807, 2.05) is 31.2 Å². The predicted octanol–water partition coefficient (Wildman–Crippen LogP) is 4.54. The fourth-order valence-electron chi connectivity index (χ4n) is 3.91. The van der Waals surface area contributed by atoms with Gasteiger partial charge in [-0.1, -0.05) is 54.8 Å². The molecule has 4 nitrogen and oxygen atoms in total. The molecule has 0 heterocycles. The second-order valence-electron chi connectivity index (χ2n) is 8.30. The van der Waals surface area contributed by atoms with Gasteiger partial charge in [0.2, 0.25) is 11.8 Å². The number of carbonyl (C=O) groups excluding carboxylic acids is 2. The van der Waals surface area contributed by atoms with Crippen LogP contribution in [-0.4, -0.2) is 28.8 Å². The van der Waals surface area contributed by atoms with E-state index < -0.39 is 6.04 Å². The number of carbonyl (C=O) groups is 2. The molecule has 0 aliphatic heterocycles. The standard InChI is InChI=1S/C25H31FN2O2/c1-18-7-9-20(10-8-18)13-16-24(29)28(17-21-11-14-22(26)15-12-21)19(2)25(30)27-23-5-3-4-6-23/h7-12,14-15,19,23H,3-6,13,16-17H2,1-2H3,(H,27,30)/t19-/m1/s1. The summed E-state index contributed by atoms with van der Waals surface area (Å²) in [6.45, 7) is 4.09. The molecule has 2 aromatic rings. The SMILES string of the molecule is Cc1ccc(CCC(=O)N(Cc2ccc(F)cc2)[C@H](C)C(=O)NC2CCCC2)cc1. The highest BCUT2D eigenvalue weighted by Crippen LogP contribution is 2.19. The molecule has 0 bridgehead atoms. The van der Waals surface area contributed by atoms with Gasteiger partial charge in [-0.25, -0.2) is 4.39 Å². The number of benzene rings is 2. The number of nitrogens with one attached hydrogen (secondary N) is 1. The Kier molecular flexibility index (Phi) is 7.61. The van der Waals surface area contributed by atoms with Crippen LogP contribution in [0.2, 0.25) is 0 Å². The second-order valence-corrected chi connectivity index (χ2v) is 8.30. The maximum atomic E-state index is 13.3. The Labute approximate surface area is 178 Å². The van der Waals surface area contributed by atoms with Crippen LogP contribution in [0, 0.1) is 12.7 Å². The summed E-state index contributed by atoms with van der Waals surface area (Å²) in [5, 5.41) is 3.10. The number of hydrogen-bond donors (Lipinski definition) is 1. The van der Waals surface area contributed by atoms with Gasteiger partial charge in [0.15, 0.2) is 0 Å². The molecule has 3 rings (SSSR count). The van der Waals surface area contributed by atoms with Crippen LogP contribution >= 0.6 is 0 Å². The summed E-state index contributed by atoms with van der Waals surface area (Å²) in [7, 11) is 0. The average Bonchev–Trinajstić information content (AvgIpc) is 3.25. The summed E-state index contributed by atoms with van der Waals surface area (Å²) in [4.78, 5) is 27.6. The van der Waals surface area contributed by atoms with E-state index in [4.69, 9.17) is 0 Å². The van der Waals surface area contributed by atoms with Crippen LogP contribution in [-0.2, 0) is 22.6 Å². The van der Waals surface area contributed by atoms with Crippen molar-refractivity contribution in [2.75, 3.05) is 0 Å². The number of rotatable bonds is 8. The molecule has 1 atom stereocenters. The zero-order valence-electron chi connectivity index (χ0n) is 17.9. The summed E-state index contributed by atoms with van der Waals surface area (Å²) >= 11 is 0. The maximum Gasteiger partial charge on any atom is 0.242 e. The second kappa shape index (κ2) is 10.4. The van der Waals surface area contributed by atoms with E-state index in [0.29, 0.717) is 12.8 Å². The van der Waals surface area contributed by atoms with Crippen LogP contribution in [0.5, 0.6) is 0 Å². The van der Waals surface area contributed by atoms with E-state index in [0.717, 1.165) is 36.8 Å². The van der Waals surface area contributed by atoms with Gasteiger partial charge in [-0.15, -0.1) is 0 Å². The molecule has 0 unspecified atom stereocenters. The molecular formula is C25H31FN2O2. The molecule has 0 saturated heterocycles. The lowest BCUT2D eigenvalue weighted by atomic mass is 10.1. The smallest absolute Gasteiger partial charge is 0.242 e. The Bertz CT molecular complexity index is 842. The largest absolute Gasteiger partial charge is 0.352 e. The number of halogens is 1. The lowest BCUT2D eigenvalue weighted by Crippen LogP contribution is -2.49. The Morgan fingerprint density at radius 1 is 1.03 bits per heavy atom. The van der Waals surface area contributed by atoms with Crippen molar-refractivity contribution < 1.29 is 14.0 Å². The third kappa shape index (κ3) is 6.15. The van der Waals surface area contributed by atoms with Crippen molar-refractivity contribution in [3.63, 3.8) is 0 Å². The molecular weight excluding hydrogens is 379 g/mol. The van der Waals surface area contributed by atoms with Gasteiger partial charge in [0.1, 0.15) is 11.9 Å². The van der Waals surface area contributed by atoms with Crippen molar-refractivity contribution in [3.8, 4) is 0 Å². The van der Waals surface area contributed by atoms with Crippen molar-refractivity contribution in [2.24, 2.45) is 0 Å². The number of amides is 2. The third-order valence-electron chi connectivity index (χ3n) is 5.88. The highest BCUT2D eigenvalue weighted by atomic mass is 19.1. The third-order valence-corrected chi connectivity index (χ3v) is 5.88. The molecule has 0 spiro atoms. The van der Waals surface area contributed by atoms with Crippen LogP contribution in [0.3, 0.4) is 0 Å². The maximum absolute atomic E-state index is 13.3. The molecule has 160 valence electrons. The molecule has 1 aliphatic carbocycles.